The van der Waals surface area contributed by atoms with Crippen LogP contribution in [0.3, 0.4) is 0 Å². The molecule has 1 aromatic heterocycles. The SMILES string of the molecule is O=C(COc1ccccc1)N1CCC[C@@H]1c1nc2cc(-c3ccccc3C(F)(F)F)ccc2o1. The van der Waals surface area contributed by atoms with Gasteiger partial charge in [0.25, 0.3) is 5.91 Å². The van der Waals surface area contributed by atoms with Crippen LogP contribution in [0.25, 0.3) is 22.2 Å². The second-order valence-electron chi connectivity index (χ2n) is 8.12. The van der Waals surface area contributed by atoms with Gasteiger partial charge >= 0.3 is 6.18 Å². The number of oxazole rings is 1. The van der Waals surface area contributed by atoms with Gasteiger partial charge in [0.05, 0.1) is 5.56 Å². The average Bonchev–Trinajstić information content (AvgIpc) is 3.49. The van der Waals surface area contributed by atoms with Crippen molar-refractivity contribution in [3.63, 3.8) is 0 Å². The zero-order valence-electron chi connectivity index (χ0n) is 18.1. The maximum absolute atomic E-state index is 13.5. The number of halogens is 3. The van der Waals surface area contributed by atoms with Crippen molar-refractivity contribution >= 4 is 17.0 Å². The fourth-order valence-corrected chi connectivity index (χ4v) is 4.30. The Kier molecular flexibility index (Phi) is 5.73. The van der Waals surface area contributed by atoms with Gasteiger partial charge in [-0.05, 0) is 54.3 Å². The van der Waals surface area contributed by atoms with Crippen molar-refractivity contribution < 1.29 is 27.1 Å². The van der Waals surface area contributed by atoms with Gasteiger partial charge in [-0.3, -0.25) is 4.79 Å². The Bertz CT molecular complexity index is 1320. The van der Waals surface area contributed by atoms with Crippen molar-refractivity contribution in [2.75, 3.05) is 13.2 Å². The summed E-state index contributed by atoms with van der Waals surface area (Å²) >= 11 is 0. The molecule has 34 heavy (non-hydrogen) atoms. The lowest BCUT2D eigenvalue weighted by Gasteiger charge is -2.22. The lowest BCUT2D eigenvalue weighted by molar-refractivity contribution is -0.137. The number of amides is 1. The molecule has 0 unspecified atom stereocenters. The molecule has 0 N–H and O–H groups in total. The molecule has 8 heteroatoms. The lowest BCUT2D eigenvalue weighted by atomic mass is 9.99. The molecule has 1 aliphatic rings. The standard InChI is InChI=1S/C26H21F3N2O3/c27-26(28,29)20-10-5-4-9-19(20)17-12-13-23-21(15-17)30-25(34-23)22-11-6-14-31(22)24(32)16-33-18-7-2-1-3-8-18/h1-5,7-10,12-13,15,22H,6,11,14,16H2/t22-/m1/s1. The highest BCUT2D eigenvalue weighted by Gasteiger charge is 2.35. The number of likely N-dealkylation sites (tertiary alicyclic amines) is 1. The van der Waals surface area contributed by atoms with E-state index in [0.29, 0.717) is 41.3 Å². The van der Waals surface area contributed by atoms with Gasteiger partial charge in [0.1, 0.15) is 17.3 Å². The molecule has 3 aromatic carbocycles. The molecule has 0 spiro atoms. The third-order valence-corrected chi connectivity index (χ3v) is 5.91. The number of hydrogen-bond donors (Lipinski definition) is 0. The molecular formula is C26H21F3N2O3. The molecule has 0 saturated carbocycles. The highest BCUT2D eigenvalue weighted by molar-refractivity contribution is 5.82. The number of benzene rings is 3. The molecule has 5 rings (SSSR count). The number of nitrogens with zero attached hydrogens (tertiary/aromatic N) is 2. The molecule has 0 radical (unpaired) electrons. The predicted octanol–water partition coefficient (Wildman–Crippen LogP) is 6.26. The molecule has 1 fully saturated rings. The van der Waals surface area contributed by atoms with Crippen LogP contribution in [0.1, 0.15) is 30.3 Å². The van der Waals surface area contributed by atoms with E-state index in [1.54, 1.807) is 41.3 Å². The van der Waals surface area contributed by atoms with Gasteiger partial charge < -0.3 is 14.1 Å². The van der Waals surface area contributed by atoms with Crippen LogP contribution in [-0.4, -0.2) is 28.9 Å². The topological polar surface area (TPSA) is 55.6 Å². The molecule has 2 heterocycles. The van der Waals surface area contributed by atoms with Crippen molar-refractivity contribution in [3.8, 4) is 16.9 Å². The van der Waals surface area contributed by atoms with Crippen LogP contribution >= 0.6 is 0 Å². The molecule has 1 atom stereocenters. The molecular weight excluding hydrogens is 445 g/mol. The van der Waals surface area contributed by atoms with Crippen molar-refractivity contribution in [2.24, 2.45) is 0 Å². The molecule has 174 valence electrons. The third kappa shape index (κ3) is 4.35. The molecule has 1 amide bonds. The summed E-state index contributed by atoms with van der Waals surface area (Å²) in [4.78, 5) is 19.0. The summed E-state index contributed by atoms with van der Waals surface area (Å²) in [6.45, 7) is 0.462. The summed E-state index contributed by atoms with van der Waals surface area (Å²) in [5, 5.41) is 0. The van der Waals surface area contributed by atoms with Gasteiger partial charge in [0.15, 0.2) is 12.2 Å². The van der Waals surface area contributed by atoms with E-state index in [2.05, 4.69) is 4.98 Å². The van der Waals surface area contributed by atoms with E-state index in [9.17, 15) is 18.0 Å². The van der Waals surface area contributed by atoms with E-state index in [0.717, 1.165) is 12.5 Å². The normalized spacial score (nSPS) is 16.2. The second-order valence-corrected chi connectivity index (χ2v) is 8.12. The van der Waals surface area contributed by atoms with Crippen LogP contribution < -0.4 is 4.74 Å². The van der Waals surface area contributed by atoms with Crippen LogP contribution in [0.15, 0.2) is 77.2 Å². The Morgan fingerprint density at radius 2 is 1.82 bits per heavy atom. The number of hydrogen-bond acceptors (Lipinski definition) is 4. The zero-order valence-corrected chi connectivity index (χ0v) is 18.1. The summed E-state index contributed by atoms with van der Waals surface area (Å²) in [5.41, 5.74) is 0.685. The van der Waals surface area contributed by atoms with Gasteiger partial charge in [0, 0.05) is 6.54 Å². The van der Waals surface area contributed by atoms with Crippen LogP contribution in [0.5, 0.6) is 5.75 Å². The number of aromatic nitrogens is 1. The molecule has 0 bridgehead atoms. The Morgan fingerprint density at radius 1 is 1.06 bits per heavy atom. The van der Waals surface area contributed by atoms with E-state index in [1.165, 1.54) is 12.1 Å². The fourth-order valence-electron chi connectivity index (χ4n) is 4.30. The monoisotopic (exact) mass is 466 g/mol. The third-order valence-electron chi connectivity index (χ3n) is 5.91. The summed E-state index contributed by atoms with van der Waals surface area (Å²) < 4.78 is 51.9. The highest BCUT2D eigenvalue weighted by Crippen LogP contribution is 2.39. The maximum atomic E-state index is 13.5. The predicted molar refractivity (Wildman–Crippen MR) is 120 cm³/mol. The Hall–Kier alpha value is -3.81. The smallest absolute Gasteiger partial charge is 0.417 e. The number of carbonyl (C=O) groups is 1. The largest absolute Gasteiger partial charge is 0.484 e. The maximum Gasteiger partial charge on any atom is 0.417 e. The first-order valence-electron chi connectivity index (χ1n) is 10.9. The van der Waals surface area contributed by atoms with Crippen molar-refractivity contribution in [2.45, 2.75) is 25.1 Å². The summed E-state index contributed by atoms with van der Waals surface area (Å²) in [5.74, 6) is 0.815. The van der Waals surface area contributed by atoms with E-state index < -0.39 is 11.7 Å². The van der Waals surface area contributed by atoms with Crippen molar-refractivity contribution in [3.05, 3.63) is 84.3 Å². The first-order valence-corrected chi connectivity index (χ1v) is 10.9. The number of para-hydroxylation sites is 1. The molecule has 4 aromatic rings. The van der Waals surface area contributed by atoms with Gasteiger partial charge in [-0.2, -0.15) is 13.2 Å². The van der Waals surface area contributed by atoms with Crippen molar-refractivity contribution in [1.29, 1.82) is 0 Å². The molecule has 0 aliphatic carbocycles. The fraction of sp³-hybridized carbons (Fsp3) is 0.231. The highest BCUT2D eigenvalue weighted by atomic mass is 19.4. The number of ether oxygens (including phenoxy) is 1. The second kappa shape index (κ2) is 8.85. The first-order chi connectivity index (χ1) is 16.4. The number of carbonyl (C=O) groups excluding carboxylic acids is 1. The molecule has 1 saturated heterocycles. The Balaban J connectivity index is 1.39. The van der Waals surface area contributed by atoms with Gasteiger partial charge in [-0.25, -0.2) is 4.98 Å². The summed E-state index contributed by atoms with van der Waals surface area (Å²) in [6.07, 6.45) is -2.98. The Morgan fingerprint density at radius 3 is 2.62 bits per heavy atom. The minimum atomic E-state index is -4.47. The van der Waals surface area contributed by atoms with E-state index in [-0.39, 0.29) is 24.1 Å². The minimum Gasteiger partial charge on any atom is -0.484 e. The van der Waals surface area contributed by atoms with Crippen LogP contribution in [0.2, 0.25) is 0 Å². The van der Waals surface area contributed by atoms with Crippen LogP contribution in [0, 0.1) is 0 Å². The summed E-state index contributed by atoms with van der Waals surface area (Å²) in [6, 6.07) is 19.0. The lowest BCUT2D eigenvalue weighted by Crippen LogP contribution is -2.34. The van der Waals surface area contributed by atoms with E-state index >= 15 is 0 Å². The number of rotatable bonds is 5. The van der Waals surface area contributed by atoms with Crippen molar-refractivity contribution in [1.82, 2.24) is 9.88 Å². The Labute approximate surface area is 193 Å². The first kappa shape index (κ1) is 22.0. The van der Waals surface area contributed by atoms with E-state index in [1.807, 2.05) is 18.2 Å². The molecule has 5 nitrogen and oxygen atoms in total. The van der Waals surface area contributed by atoms with E-state index in [4.69, 9.17) is 9.15 Å². The average molecular weight is 466 g/mol. The quantitative estimate of drug-likeness (QED) is 0.349. The van der Waals surface area contributed by atoms with Gasteiger partial charge in [0.2, 0.25) is 5.89 Å². The zero-order chi connectivity index (χ0) is 23.7. The number of fused-ring (bicyclic) bond motifs is 1. The number of alkyl halides is 3. The minimum absolute atomic E-state index is 0.0807. The summed E-state index contributed by atoms with van der Waals surface area (Å²) in [7, 11) is 0. The van der Waals surface area contributed by atoms with Crippen LogP contribution in [0.4, 0.5) is 13.2 Å². The van der Waals surface area contributed by atoms with Gasteiger partial charge in [-0.15, -0.1) is 0 Å². The van der Waals surface area contributed by atoms with Crippen LogP contribution in [-0.2, 0) is 11.0 Å². The molecule has 1 aliphatic heterocycles. The van der Waals surface area contributed by atoms with Gasteiger partial charge in [-0.1, -0.05) is 42.5 Å².